The summed E-state index contributed by atoms with van der Waals surface area (Å²) in [5.41, 5.74) is 1.18. The number of benzene rings is 1. The Kier molecular flexibility index (Phi) is 5.29. The van der Waals surface area contributed by atoms with E-state index in [1.54, 1.807) is 6.92 Å². The fourth-order valence-electron chi connectivity index (χ4n) is 1.78. The molecule has 0 aliphatic carbocycles. The average molecular weight is 366 g/mol. The zero-order valence-electron chi connectivity index (χ0n) is 11.0. The maximum Gasteiger partial charge on any atom is 0.242 e. The van der Waals surface area contributed by atoms with Gasteiger partial charge in [-0.3, -0.25) is 0 Å². The number of thiophene rings is 1. The van der Waals surface area contributed by atoms with Crippen molar-refractivity contribution in [3.8, 4) is 0 Å². The number of hydrogen-bond acceptors (Lipinski definition) is 4. The normalized spacial score (nSPS) is 13.3. The van der Waals surface area contributed by atoms with Gasteiger partial charge in [0.25, 0.3) is 0 Å². The molecule has 0 amide bonds. The zero-order valence-corrected chi connectivity index (χ0v) is 14.2. The molecule has 2 rings (SSSR count). The summed E-state index contributed by atoms with van der Waals surface area (Å²) >= 11 is 13.3. The fraction of sp³-hybridized carbons (Fsp3) is 0.231. The van der Waals surface area contributed by atoms with Crippen LogP contribution in [-0.4, -0.2) is 13.5 Å². The van der Waals surface area contributed by atoms with E-state index in [4.69, 9.17) is 23.2 Å². The van der Waals surface area contributed by atoms with Crippen LogP contribution in [0, 0.1) is 0 Å². The molecule has 2 aromatic rings. The van der Waals surface area contributed by atoms with Gasteiger partial charge in [0, 0.05) is 11.1 Å². The van der Waals surface area contributed by atoms with Gasteiger partial charge in [0.1, 0.15) is 4.90 Å². The van der Waals surface area contributed by atoms with Crippen LogP contribution in [0.2, 0.25) is 10.0 Å². The van der Waals surface area contributed by atoms with E-state index in [9.17, 15) is 13.5 Å². The number of aliphatic hydroxyl groups excluding tert-OH is 1. The largest absolute Gasteiger partial charge is 0.392 e. The van der Waals surface area contributed by atoms with E-state index in [2.05, 4.69) is 4.72 Å². The Morgan fingerprint density at radius 3 is 2.62 bits per heavy atom. The summed E-state index contributed by atoms with van der Waals surface area (Å²) in [6.07, 6.45) is 0. The van der Waals surface area contributed by atoms with E-state index in [0.717, 1.165) is 5.56 Å². The van der Waals surface area contributed by atoms with Gasteiger partial charge in [-0.15, -0.1) is 0 Å². The van der Waals surface area contributed by atoms with Crippen LogP contribution >= 0.6 is 34.5 Å². The van der Waals surface area contributed by atoms with E-state index in [1.807, 2.05) is 16.8 Å². The molecule has 114 valence electrons. The third-order valence-corrected chi connectivity index (χ3v) is 5.99. The number of hydrogen-bond donors (Lipinski definition) is 2. The first-order valence-corrected chi connectivity index (χ1v) is 9.16. The Morgan fingerprint density at radius 2 is 2.05 bits per heavy atom. The Bertz CT molecular complexity index is 730. The summed E-state index contributed by atoms with van der Waals surface area (Å²) in [6.45, 7) is 1.38. The lowest BCUT2D eigenvalue weighted by Crippen LogP contribution is -2.27. The molecule has 8 heteroatoms. The van der Waals surface area contributed by atoms with E-state index in [0.29, 0.717) is 5.56 Å². The summed E-state index contributed by atoms with van der Waals surface area (Å²) < 4.78 is 27.4. The Balaban J connectivity index is 2.36. The number of halogens is 2. The molecule has 0 aliphatic rings. The SMILES string of the molecule is CC(NS(=O)(=O)c1cc(CO)c(Cl)cc1Cl)c1ccsc1. The molecule has 21 heavy (non-hydrogen) atoms. The molecule has 0 saturated heterocycles. The Morgan fingerprint density at radius 1 is 1.33 bits per heavy atom. The minimum absolute atomic E-state index is 0.0159. The van der Waals surface area contributed by atoms with E-state index >= 15 is 0 Å². The first kappa shape index (κ1) is 16.7. The second kappa shape index (κ2) is 6.64. The minimum atomic E-state index is -3.81. The summed E-state index contributed by atoms with van der Waals surface area (Å²) in [4.78, 5) is -0.0975. The Hall–Kier alpha value is -0.630. The van der Waals surface area contributed by atoms with Crippen molar-refractivity contribution in [2.24, 2.45) is 0 Å². The molecule has 0 bridgehead atoms. The van der Waals surface area contributed by atoms with Crippen molar-refractivity contribution >= 4 is 44.6 Å². The van der Waals surface area contributed by atoms with Crippen LogP contribution in [0.25, 0.3) is 0 Å². The molecule has 0 spiro atoms. The highest BCUT2D eigenvalue weighted by Gasteiger charge is 2.23. The second-order valence-electron chi connectivity index (χ2n) is 4.43. The molecule has 0 radical (unpaired) electrons. The lowest BCUT2D eigenvalue weighted by Gasteiger charge is -2.15. The number of rotatable bonds is 5. The molecule has 0 saturated carbocycles. The average Bonchev–Trinajstić information content (AvgIpc) is 2.91. The van der Waals surface area contributed by atoms with Gasteiger partial charge in [0.05, 0.1) is 11.6 Å². The predicted octanol–water partition coefficient (Wildman–Crippen LogP) is 3.59. The van der Waals surface area contributed by atoms with Gasteiger partial charge in [-0.1, -0.05) is 23.2 Å². The van der Waals surface area contributed by atoms with Crippen LogP contribution in [0.15, 0.2) is 33.9 Å². The first-order valence-electron chi connectivity index (χ1n) is 5.98. The van der Waals surface area contributed by atoms with Crippen LogP contribution in [0.3, 0.4) is 0 Å². The lowest BCUT2D eigenvalue weighted by molar-refractivity contribution is 0.281. The van der Waals surface area contributed by atoms with Gasteiger partial charge in [-0.25, -0.2) is 13.1 Å². The third kappa shape index (κ3) is 3.77. The van der Waals surface area contributed by atoms with Crippen molar-refractivity contribution in [3.63, 3.8) is 0 Å². The van der Waals surface area contributed by atoms with Crippen LogP contribution in [-0.2, 0) is 16.6 Å². The van der Waals surface area contributed by atoms with E-state index in [-0.39, 0.29) is 27.6 Å². The van der Waals surface area contributed by atoms with E-state index in [1.165, 1.54) is 23.5 Å². The number of sulfonamides is 1. The smallest absolute Gasteiger partial charge is 0.242 e. The fourth-order valence-corrected chi connectivity index (χ4v) is 4.63. The van der Waals surface area contributed by atoms with Gasteiger partial charge < -0.3 is 5.11 Å². The molecule has 1 atom stereocenters. The molecule has 1 unspecified atom stereocenters. The maximum atomic E-state index is 12.4. The summed E-state index contributed by atoms with van der Waals surface area (Å²) in [7, 11) is -3.81. The molecule has 1 aromatic carbocycles. The van der Waals surface area contributed by atoms with Gasteiger partial charge in [0.15, 0.2) is 0 Å². The summed E-state index contributed by atoms with van der Waals surface area (Å²) in [5, 5.41) is 13.2. The third-order valence-electron chi connectivity index (χ3n) is 2.94. The summed E-state index contributed by atoms with van der Waals surface area (Å²) in [6, 6.07) is 4.07. The van der Waals surface area contributed by atoms with Crippen molar-refractivity contribution in [1.29, 1.82) is 0 Å². The molecule has 1 heterocycles. The highest BCUT2D eigenvalue weighted by molar-refractivity contribution is 7.89. The molecular weight excluding hydrogens is 353 g/mol. The van der Waals surface area contributed by atoms with Crippen molar-refractivity contribution in [2.75, 3.05) is 0 Å². The van der Waals surface area contributed by atoms with Gasteiger partial charge >= 0.3 is 0 Å². The molecule has 1 aromatic heterocycles. The molecular formula is C13H13Cl2NO3S2. The highest BCUT2D eigenvalue weighted by Crippen LogP contribution is 2.29. The monoisotopic (exact) mass is 365 g/mol. The van der Waals surface area contributed by atoms with Crippen molar-refractivity contribution < 1.29 is 13.5 Å². The van der Waals surface area contributed by atoms with Gasteiger partial charge in [0.2, 0.25) is 10.0 Å². The van der Waals surface area contributed by atoms with Gasteiger partial charge in [-0.2, -0.15) is 11.3 Å². The van der Waals surface area contributed by atoms with Crippen LogP contribution in [0.4, 0.5) is 0 Å². The van der Waals surface area contributed by atoms with E-state index < -0.39 is 10.0 Å². The number of nitrogens with one attached hydrogen (secondary N) is 1. The van der Waals surface area contributed by atoms with Crippen LogP contribution < -0.4 is 4.72 Å². The first-order chi connectivity index (χ1) is 9.85. The van der Waals surface area contributed by atoms with Gasteiger partial charge in [-0.05, 0) is 47.0 Å². The number of aliphatic hydroxyl groups is 1. The van der Waals surface area contributed by atoms with Crippen molar-refractivity contribution in [1.82, 2.24) is 4.72 Å². The molecule has 4 nitrogen and oxygen atoms in total. The minimum Gasteiger partial charge on any atom is -0.392 e. The predicted molar refractivity (Wildman–Crippen MR) is 85.4 cm³/mol. The highest BCUT2D eigenvalue weighted by atomic mass is 35.5. The van der Waals surface area contributed by atoms with Crippen LogP contribution in [0.5, 0.6) is 0 Å². The zero-order chi connectivity index (χ0) is 15.6. The molecule has 0 aliphatic heterocycles. The molecule has 2 N–H and O–H groups in total. The Labute approximate surface area is 137 Å². The van der Waals surface area contributed by atoms with Crippen LogP contribution in [0.1, 0.15) is 24.1 Å². The lowest BCUT2D eigenvalue weighted by atomic mass is 10.2. The molecule has 0 fully saturated rings. The van der Waals surface area contributed by atoms with Crippen molar-refractivity contribution in [3.05, 3.63) is 50.1 Å². The summed E-state index contributed by atoms with van der Waals surface area (Å²) in [5.74, 6) is 0. The second-order valence-corrected chi connectivity index (χ2v) is 7.71. The quantitative estimate of drug-likeness (QED) is 0.850. The standard InChI is InChI=1S/C13H13Cl2NO3S2/c1-8(9-2-3-20-7-9)16-21(18,19)13-4-10(6-17)11(14)5-12(13)15/h2-5,7-8,16-17H,6H2,1H3. The van der Waals surface area contributed by atoms with Crippen molar-refractivity contribution in [2.45, 2.75) is 24.5 Å². The topological polar surface area (TPSA) is 66.4 Å². The maximum absolute atomic E-state index is 12.4.